The maximum Gasteiger partial charge on any atom is 2.00 e. The van der Waals surface area contributed by atoms with Crippen LogP contribution in [-0.4, -0.2) is 60.9 Å². The molecule has 4 heterocycles. The minimum absolute atomic E-state index is 0. The van der Waals surface area contributed by atoms with Crippen molar-refractivity contribution < 1.29 is 55.0 Å². The Labute approximate surface area is 238 Å². The van der Waals surface area contributed by atoms with Crippen LogP contribution >= 0.6 is 0 Å². The first-order valence-electron chi connectivity index (χ1n) is 10.9. The fourth-order valence-electron chi connectivity index (χ4n) is 3.36. The summed E-state index contributed by atoms with van der Waals surface area (Å²) in [4.78, 5) is 17.4. The van der Waals surface area contributed by atoms with Gasteiger partial charge in [-0.25, -0.2) is 0 Å². The number of fused-ring (bicyclic) bond motifs is 6. The van der Waals surface area contributed by atoms with E-state index in [0.717, 1.165) is 43.6 Å². The molecule has 0 aliphatic heterocycles. The number of aliphatic hydroxyl groups excluding tert-OH is 2. The fourth-order valence-corrected chi connectivity index (χ4v) is 3.36. The topological polar surface area (TPSA) is 172 Å². The number of benzene rings is 2. The number of aliphatic hydroxyl groups is 2. The van der Waals surface area contributed by atoms with Gasteiger partial charge in [0.15, 0.2) is 0 Å². The molecule has 6 rings (SSSR count). The van der Waals surface area contributed by atoms with Gasteiger partial charge in [-0.3, -0.25) is 28.4 Å². The molecule has 190 valence electrons. The Morgan fingerprint density at radius 1 is 0.526 bits per heavy atom. The predicted octanol–water partition coefficient (Wildman–Crippen LogP) is 3.20. The molecule has 0 atom stereocenters. The van der Waals surface area contributed by atoms with Crippen LogP contribution < -0.4 is 0 Å². The van der Waals surface area contributed by atoms with Crippen molar-refractivity contribution in [3.05, 3.63) is 97.6 Å². The van der Waals surface area contributed by atoms with E-state index in [1.807, 2.05) is 24.3 Å². The summed E-state index contributed by atoms with van der Waals surface area (Å²) in [5.74, 6) is 0. The second-order valence-electron chi connectivity index (χ2n) is 7.29. The average Bonchev–Trinajstić information content (AvgIpc) is 2.92. The van der Waals surface area contributed by atoms with E-state index in [1.165, 1.54) is 0 Å². The van der Waals surface area contributed by atoms with Crippen LogP contribution in [0.15, 0.2) is 97.6 Å². The van der Waals surface area contributed by atoms with Gasteiger partial charge in [0.05, 0.1) is 35.3 Å². The Hall–Kier alpha value is -3.21. The van der Waals surface area contributed by atoms with Crippen LogP contribution in [-0.2, 0) is 37.7 Å². The van der Waals surface area contributed by atoms with E-state index < -0.39 is 10.4 Å². The molecule has 2 aromatic carbocycles. The fraction of sp³-hybridized carbons (Fsp3) is 0.0769. The molecular formula is C26H22CdN4O6S. The summed E-state index contributed by atoms with van der Waals surface area (Å²) in [6, 6.07) is 24.3. The molecule has 0 saturated heterocycles. The third-order valence-electron chi connectivity index (χ3n) is 4.79. The molecule has 0 fully saturated rings. The van der Waals surface area contributed by atoms with E-state index in [4.69, 9.17) is 27.7 Å². The normalized spacial score (nSPS) is 10.3. The third kappa shape index (κ3) is 9.27. The van der Waals surface area contributed by atoms with Gasteiger partial charge in [0.25, 0.3) is 0 Å². The molecule has 2 N–H and O–H groups in total. The summed E-state index contributed by atoms with van der Waals surface area (Å²) in [5, 5.41) is 19.8. The molecule has 0 saturated carbocycles. The number of nitrogens with zero attached hydrogens (tertiary/aromatic N) is 4. The van der Waals surface area contributed by atoms with Crippen molar-refractivity contribution in [1.29, 1.82) is 0 Å². The van der Waals surface area contributed by atoms with Crippen LogP contribution in [0.5, 0.6) is 0 Å². The minimum Gasteiger partial charge on any atom is -0.759 e. The second-order valence-corrected chi connectivity index (χ2v) is 8.10. The molecular weight excluding hydrogens is 609 g/mol. The van der Waals surface area contributed by atoms with Crippen LogP contribution in [0.25, 0.3) is 43.6 Å². The summed E-state index contributed by atoms with van der Waals surface area (Å²) in [6.45, 7) is -0.250. The van der Waals surface area contributed by atoms with E-state index in [9.17, 15) is 0 Å². The Kier molecular flexibility index (Phi) is 12.5. The Morgan fingerprint density at radius 2 is 0.737 bits per heavy atom. The Morgan fingerprint density at radius 3 is 0.921 bits per heavy atom. The third-order valence-corrected chi connectivity index (χ3v) is 4.79. The van der Waals surface area contributed by atoms with E-state index in [1.54, 1.807) is 24.8 Å². The molecule has 10 nitrogen and oxygen atoms in total. The van der Waals surface area contributed by atoms with Gasteiger partial charge in [0.1, 0.15) is 0 Å². The molecule has 0 unspecified atom stereocenters. The Bertz CT molecular complexity index is 1490. The van der Waals surface area contributed by atoms with Gasteiger partial charge in [-0.05, 0) is 24.3 Å². The molecule has 0 bridgehead atoms. The van der Waals surface area contributed by atoms with Crippen LogP contribution in [0.2, 0.25) is 0 Å². The van der Waals surface area contributed by atoms with Crippen LogP contribution in [0.1, 0.15) is 0 Å². The average molecular weight is 631 g/mol. The maximum atomic E-state index is 8.52. The zero-order valence-corrected chi connectivity index (χ0v) is 24.9. The summed E-state index contributed by atoms with van der Waals surface area (Å²) in [5.41, 5.74) is 3.91. The van der Waals surface area contributed by atoms with Crippen molar-refractivity contribution in [1.82, 2.24) is 19.9 Å². The van der Waals surface area contributed by atoms with E-state index in [2.05, 4.69) is 68.5 Å². The van der Waals surface area contributed by atoms with Gasteiger partial charge in [-0.1, -0.05) is 48.5 Å². The van der Waals surface area contributed by atoms with Crippen molar-refractivity contribution >= 4 is 54.0 Å². The standard InChI is InChI=1S/2C12H8N2.C2H6O2.Cd.H2O4S/c2*1-3-9-5-6-10-4-2-8-14-12(10)11(9)13-7-1;3-1-2-4;;1-5(2,3)4/h2*1-8H;3-4H,1-2H2;;(H2,1,2,3,4)/q;;;+2;/p-2. The molecule has 0 radical (unpaired) electrons. The van der Waals surface area contributed by atoms with Gasteiger partial charge in [0, 0.05) is 56.7 Å². The van der Waals surface area contributed by atoms with Crippen molar-refractivity contribution in [2.75, 3.05) is 13.2 Å². The summed E-state index contributed by atoms with van der Waals surface area (Å²) >= 11 is 0. The molecule has 0 aliphatic carbocycles. The first-order chi connectivity index (χ1) is 17.8. The van der Waals surface area contributed by atoms with E-state index in [0.29, 0.717) is 0 Å². The van der Waals surface area contributed by atoms with Gasteiger partial charge >= 0.3 is 27.3 Å². The SMILES string of the molecule is O=S(=O)([O-])[O-].OCCO.[Cd+2].c1cnc2c(c1)ccc1cccnc12.c1cnc2c(c1)ccc1cccnc12. The number of hydrogen-bond acceptors (Lipinski definition) is 10. The molecule has 38 heavy (non-hydrogen) atoms. The van der Waals surface area contributed by atoms with Crippen LogP contribution in [0.4, 0.5) is 0 Å². The molecule has 0 aliphatic rings. The molecule has 0 spiro atoms. The quantitative estimate of drug-likeness (QED) is 0.119. The van der Waals surface area contributed by atoms with Gasteiger partial charge in [-0.2, -0.15) is 0 Å². The van der Waals surface area contributed by atoms with Crippen molar-refractivity contribution in [3.63, 3.8) is 0 Å². The molecule has 4 aromatic heterocycles. The predicted molar refractivity (Wildman–Crippen MR) is 139 cm³/mol. The maximum absolute atomic E-state index is 8.52. The van der Waals surface area contributed by atoms with E-state index >= 15 is 0 Å². The van der Waals surface area contributed by atoms with Gasteiger partial charge < -0.3 is 19.3 Å². The van der Waals surface area contributed by atoms with Gasteiger partial charge in [-0.15, -0.1) is 0 Å². The summed E-state index contributed by atoms with van der Waals surface area (Å²) in [6.07, 6.45) is 7.21. The number of aromatic nitrogens is 4. The van der Waals surface area contributed by atoms with Crippen LogP contribution in [0, 0.1) is 0 Å². The molecule has 12 heteroatoms. The second kappa shape index (κ2) is 15.3. The van der Waals surface area contributed by atoms with Gasteiger partial charge in [0.2, 0.25) is 0 Å². The summed E-state index contributed by atoms with van der Waals surface area (Å²) < 4.78 is 34.1. The number of rotatable bonds is 1. The molecule has 0 amide bonds. The first-order valence-corrected chi connectivity index (χ1v) is 12.2. The largest absolute Gasteiger partial charge is 2.00 e. The zero-order valence-electron chi connectivity index (χ0n) is 20.1. The van der Waals surface area contributed by atoms with E-state index in [-0.39, 0.29) is 40.5 Å². The Balaban J connectivity index is 0.000000201. The zero-order chi connectivity index (χ0) is 26.7. The van der Waals surface area contributed by atoms with Crippen molar-refractivity contribution in [2.45, 2.75) is 0 Å². The molecule has 6 aromatic rings. The minimum atomic E-state index is -5.17. The number of hydrogen-bond donors (Lipinski definition) is 2. The smallest absolute Gasteiger partial charge is 0.759 e. The first kappa shape index (κ1) is 31.0. The summed E-state index contributed by atoms with van der Waals surface area (Å²) in [7, 11) is -5.17. The van der Waals surface area contributed by atoms with Crippen LogP contribution in [0.3, 0.4) is 0 Å². The number of pyridine rings is 4. The van der Waals surface area contributed by atoms with Crippen molar-refractivity contribution in [2.24, 2.45) is 0 Å². The monoisotopic (exact) mass is 632 g/mol. The van der Waals surface area contributed by atoms with Crippen molar-refractivity contribution in [3.8, 4) is 0 Å².